The highest BCUT2D eigenvalue weighted by molar-refractivity contribution is 7.90. The van der Waals surface area contributed by atoms with Crippen molar-refractivity contribution in [1.29, 1.82) is 0 Å². The Morgan fingerprint density at radius 2 is 1.94 bits per heavy atom. The predicted molar refractivity (Wildman–Crippen MR) is 68.6 cm³/mol. The lowest BCUT2D eigenvalue weighted by Crippen LogP contribution is -2.29. The molecule has 0 bridgehead atoms. The van der Waals surface area contributed by atoms with E-state index in [0.29, 0.717) is 11.3 Å². The summed E-state index contributed by atoms with van der Waals surface area (Å²) in [4.78, 5) is 10.5. The van der Waals surface area contributed by atoms with E-state index in [2.05, 4.69) is 4.72 Å². The van der Waals surface area contributed by atoms with Gasteiger partial charge in [0.25, 0.3) is 0 Å². The van der Waals surface area contributed by atoms with Crippen LogP contribution in [0.3, 0.4) is 0 Å². The summed E-state index contributed by atoms with van der Waals surface area (Å²) in [6.45, 7) is 0. The third kappa shape index (κ3) is 4.01. The fraction of sp³-hybridized carbons (Fsp3) is 0.364. The molecule has 0 heterocycles. The fourth-order valence-electron chi connectivity index (χ4n) is 1.31. The molecule has 0 unspecified atom stereocenters. The van der Waals surface area contributed by atoms with E-state index in [4.69, 9.17) is 5.11 Å². The highest BCUT2D eigenvalue weighted by Crippen LogP contribution is 2.18. The van der Waals surface area contributed by atoms with Crippen molar-refractivity contribution in [1.82, 2.24) is 4.31 Å². The fourth-order valence-corrected chi connectivity index (χ4v) is 1.97. The van der Waals surface area contributed by atoms with Crippen molar-refractivity contribution in [2.45, 2.75) is 12.8 Å². The number of carboxylic acid groups (broad SMARTS) is 1. The van der Waals surface area contributed by atoms with E-state index in [0.717, 1.165) is 4.31 Å². The second-order valence-electron chi connectivity index (χ2n) is 3.94. The van der Waals surface area contributed by atoms with Crippen LogP contribution >= 0.6 is 0 Å². The number of anilines is 1. The number of hydrogen-bond donors (Lipinski definition) is 2. The van der Waals surface area contributed by atoms with Crippen molar-refractivity contribution >= 4 is 21.9 Å². The molecule has 7 heteroatoms. The SMILES string of the molecule is CN(C)S(=O)(=O)Nc1ccccc1CCC(=O)O. The first-order chi connectivity index (χ1) is 8.33. The van der Waals surface area contributed by atoms with Crippen LogP contribution in [0, 0.1) is 0 Å². The lowest BCUT2D eigenvalue weighted by atomic mass is 10.1. The molecular formula is C11H16N2O4S. The maximum Gasteiger partial charge on any atom is 0.303 e. The number of hydrogen-bond acceptors (Lipinski definition) is 3. The molecule has 18 heavy (non-hydrogen) atoms. The van der Waals surface area contributed by atoms with Crippen molar-refractivity contribution in [2.24, 2.45) is 0 Å². The number of carbonyl (C=O) groups is 1. The molecule has 0 fully saturated rings. The van der Waals surface area contributed by atoms with E-state index in [1.807, 2.05) is 0 Å². The van der Waals surface area contributed by atoms with Gasteiger partial charge in [-0.15, -0.1) is 0 Å². The summed E-state index contributed by atoms with van der Waals surface area (Å²) in [6.07, 6.45) is 0.238. The molecule has 0 aliphatic rings. The summed E-state index contributed by atoms with van der Waals surface area (Å²) in [6, 6.07) is 6.75. The Morgan fingerprint density at radius 1 is 1.33 bits per heavy atom. The topological polar surface area (TPSA) is 86.7 Å². The van der Waals surface area contributed by atoms with E-state index >= 15 is 0 Å². The Hall–Kier alpha value is -1.60. The molecule has 0 aliphatic carbocycles. The molecule has 0 atom stereocenters. The molecule has 2 N–H and O–H groups in total. The number of carboxylic acids is 1. The molecule has 0 saturated carbocycles. The predicted octanol–water partition coefficient (Wildman–Crippen LogP) is 0.922. The molecule has 1 rings (SSSR count). The summed E-state index contributed by atoms with van der Waals surface area (Å²) < 4.78 is 26.8. The molecule has 100 valence electrons. The maximum atomic E-state index is 11.7. The van der Waals surface area contributed by atoms with Crippen molar-refractivity contribution in [3.05, 3.63) is 29.8 Å². The van der Waals surface area contributed by atoms with Gasteiger partial charge in [0.05, 0.1) is 5.69 Å². The van der Waals surface area contributed by atoms with Crippen LogP contribution in [0.5, 0.6) is 0 Å². The van der Waals surface area contributed by atoms with Crippen LogP contribution in [-0.4, -0.2) is 37.9 Å². The third-order valence-corrected chi connectivity index (χ3v) is 3.78. The quantitative estimate of drug-likeness (QED) is 0.806. The van der Waals surface area contributed by atoms with E-state index < -0.39 is 16.2 Å². The van der Waals surface area contributed by atoms with Crippen LogP contribution in [0.25, 0.3) is 0 Å². The molecule has 1 aromatic carbocycles. The van der Waals surface area contributed by atoms with Crippen LogP contribution in [0.4, 0.5) is 5.69 Å². The lowest BCUT2D eigenvalue weighted by Gasteiger charge is -2.15. The molecule has 0 spiro atoms. The summed E-state index contributed by atoms with van der Waals surface area (Å²) in [7, 11) is -0.739. The number of benzene rings is 1. The van der Waals surface area contributed by atoms with E-state index in [-0.39, 0.29) is 12.8 Å². The number of nitrogens with one attached hydrogen (secondary N) is 1. The van der Waals surface area contributed by atoms with Crippen LogP contribution in [0.15, 0.2) is 24.3 Å². The van der Waals surface area contributed by atoms with Crippen LogP contribution in [0.2, 0.25) is 0 Å². The Bertz CT molecular complexity index is 526. The number of rotatable bonds is 6. The van der Waals surface area contributed by atoms with E-state index in [1.165, 1.54) is 14.1 Å². The zero-order valence-electron chi connectivity index (χ0n) is 10.3. The largest absolute Gasteiger partial charge is 0.481 e. The van der Waals surface area contributed by atoms with Crippen molar-refractivity contribution < 1.29 is 18.3 Å². The van der Waals surface area contributed by atoms with Gasteiger partial charge in [-0.1, -0.05) is 18.2 Å². The monoisotopic (exact) mass is 272 g/mol. The summed E-state index contributed by atoms with van der Waals surface area (Å²) in [5.41, 5.74) is 1.07. The standard InChI is InChI=1S/C11H16N2O4S/c1-13(2)18(16,17)12-10-6-4-3-5-9(10)7-8-11(14)15/h3-6,12H,7-8H2,1-2H3,(H,14,15). The van der Waals surface area contributed by atoms with Crippen molar-refractivity contribution in [3.63, 3.8) is 0 Å². The highest BCUT2D eigenvalue weighted by Gasteiger charge is 2.15. The molecular weight excluding hydrogens is 256 g/mol. The Morgan fingerprint density at radius 3 is 2.50 bits per heavy atom. The van der Waals surface area contributed by atoms with Crippen LogP contribution in [0.1, 0.15) is 12.0 Å². The number of nitrogens with zero attached hydrogens (tertiary/aromatic N) is 1. The van der Waals surface area contributed by atoms with Gasteiger partial charge in [-0.2, -0.15) is 12.7 Å². The average molecular weight is 272 g/mol. The first-order valence-corrected chi connectivity index (χ1v) is 6.77. The van der Waals surface area contributed by atoms with Gasteiger partial charge in [0.2, 0.25) is 0 Å². The van der Waals surface area contributed by atoms with Crippen LogP contribution in [-0.2, 0) is 21.4 Å². The van der Waals surface area contributed by atoms with Crippen molar-refractivity contribution in [2.75, 3.05) is 18.8 Å². The minimum Gasteiger partial charge on any atom is -0.481 e. The zero-order chi connectivity index (χ0) is 13.8. The summed E-state index contributed by atoms with van der Waals surface area (Å²) >= 11 is 0. The summed E-state index contributed by atoms with van der Waals surface area (Å²) in [5.74, 6) is -0.916. The van der Waals surface area contributed by atoms with Gasteiger partial charge in [-0.25, -0.2) is 0 Å². The molecule has 0 radical (unpaired) electrons. The van der Waals surface area contributed by atoms with Gasteiger partial charge in [-0.3, -0.25) is 9.52 Å². The second kappa shape index (κ2) is 5.83. The van der Waals surface area contributed by atoms with Crippen LogP contribution < -0.4 is 4.72 Å². The lowest BCUT2D eigenvalue weighted by molar-refractivity contribution is -0.136. The first kappa shape index (κ1) is 14.5. The molecule has 1 aromatic rings. The minimum atomic E-state index is -3.58. The molecule has 0 aromatic heterocycles. The minimum absolute atomic E-state index is 0.0410. The zero-order valence-corrected chi connectivity index (χ0v) is 11.1. The second-order valence-corrected chi connectivity index (χ2v) is 5.82. The highest BCUT2D eigenvalue weighted by atomic mass is 32.2. The van der Waals surface area contributed by atoms with Gasteiger partial charge in [0.15, 0.2) is 0 Å². The number of aryl methyl sites for hydroxylation is 1. The smallest absolute Gasteiger partial charge is 0.303 e. The Balaban J connectivity index is 2.92. The average Bonchev–Trinajstić information content (AvgIpc) is 2.27. The Kier molecular flexibility index (Phi) is 4.69. The molecule has 6 nitrogen and oxygen atoms in total. The van der Waals surface area contributed by atoms with E-state index in [1.54, 1.807) is 24.3 Å². The van der Waals surface area contributed by atoms with Gasteiger partial charge in [0.1, 0.15) is 0 Å². The molecule has 0 aliphatic heterocycles. The number of para-hydroxylation sites is 1. The molecule has 0 amide bonds. The van der Waals surface area contributed by atoms with Gasteiger partial charge >= 0.3 is 16.2 Å². The summed E-state index contributed by atoms with van der Waals surface area (Å²) in [5, 5.41) is 8.64. The normalized spacial score (nSPS) is 11.5. The first-order valence-electron chi connectivity index (χ1n) is 5.33. The maximum absolute atomic E-state index is 11.7. The Labute approximate surface area is 106 Å². The van der Waals surface area contributed by atoms with Gasteiger partial charge < -0.3 is 5.11 Å². The van der Waals surface area contributed by atoms with Gasteiger partial charge in [-0.05, 0) is 18.1 Å². The number of aliphatic carboxylic acids is 1. The van der Waals surface area contributed by atoms with Gasteiger partial charge in [0, 0.05) is 20.5 Å². The van der Waals surface area contributed by atoms with Crippen molar-refractivity contribution in [3.8, 4) is 0 Å². The molecule has 0 saturated heterocycles. The van der Waals surface area contributed by atoms with E-state index in [9.17, 15) is 13.2 Å². The third-order valence-electron chi connectivity index (χ3n) is 2.35.